The molecule has 3 nitrogen and oxygen atoms in total. The Kier molecular flexibility index (Phi) is 3.88. The van der Waals surface area contributed by atoms with E-state index in [1.807, 2.05) is 0 Å². The van der Waals surface area contributed by atoms with Gasteiger partial charge in [-0.1, -0.05) is 24.8 Å². The number of rotatable bonds is 3. The highest BCUT2D eigenvalue weighted by molar-refractivity contribution is 5.81. The summed E-state index contributed by atoms with van der Waals surface area (Å²) in [4.78, 5) is 10.1. The van der Waals surface area contributed by atoms with Crippen molar-refractivity contribution in [3.05, 3.63) is 36.9 Å². The summed E-state index contributed by atoms with van der Waals surface area (Å²) in [5.41, 5.74) is 2.85. The van der Waals surface area contributed by atoms with Crippen LogP contribution in [0.5, 0.6) is 0 Å². The third-order valence-electron chi connectivity index (χ3n) is 1.61. The van der Waals surface area contributed by atoms with Crippen molar-refractivity contribution in [1.29, 1.82) is 0 Å². The maximum atomic E-state index is 10.1. The van der Waals surface area contributed by atoms with Gasteiger partial charge in [0.25, 0.3) is 0 Å². The number of aliphatic hydroxyl groups is 1. The van der Waals surface area contributed by atoms with Crippen LogP contribution in [0.25, 0.3) is 11.1 Å². The lowest BCUT2D eigenvalue weighted by Crippen LogP contribution is -2.04. The van der Waals surface area contributed by atoms with Gasteiger partial charge in [-0.15, -0.1) is 0 Å². The van der Waals surface area contributed by atoms with Gasteiger partial charge >= 0.3 is 5.97 Å². The molecule has 0 unspecified atom stereocenters. The van der Waals surface area contributed by atoms with Crippen LogP contribution in [0.3, 0.4) is 0 Å². The highest BCUT2D eigenvalue weighted by atomic mass is 16.5. The zero-order chi connectivity index (χ0) is 10.4. The second-order valence-corrected chi connectivity index (χ2v) is 2.68. The number of carbonyl (C=O) groups excluding carboxylic acids is 1. The SMILES string of the molecule is C=CC(=O)OCCO.c1cc2cc-2c1. The van der Waals surface area contributed by atoms with E-state index in [0.717, 1.165) is 6.08 Å². The molecule has 3 heteroatoms. The highest BCUT2D eigenvalue weighted by Crippen LogP contribution is 2.32. The molecule has 74 valence electrons. The zero-order valence-corrected chi connectivity index (χ0v) is 7.77. The van der Waals surface area contributed by atoms with E-state index >= 15 is 0 Å². The molecule has 0 fully saturated rings. The molecule has 0 spiro atoms. The fourth-order valence-electron chi connectivity index (χ4n) is 0.881. The summed E-state index contributed by atoms with van der Waals surface area (Å²) in [5.74, 6) is -0.501. The zero-order valence-electron chi connectivity index (χ0n) is 7.77. The van der Waals surface area contributed by atoms with Crippen LogP contribution in [0.4, 0.5) is 0 Å². The molecule has 14 heavy (non-hydrogen) atoms. The first-order valence-corrected chi connectivity index (χ1v) is 4.28. The van der Waals surface area contributed by atoms with Crippen molar-refractivity contribution in [2.75, 3.05) is 13.2 Å². The Balaban J connectivity index is 0.000000143. The molecule has 0 saturated heterocycles. The first kappa shape index (κ1) is 10.5. The monoisotopic (exact) mass is 192 g/mol. The lowest BCUT2D eigenvalue weighted by molar-refractivity contribution is -0.138. The van der Waals surface area contributed by atoms with Crippen LogP contribution in [0.15, 0.2) is 36.9 Å². The largest absolute Gasteiger partial charge is 0.460 e. The predicted molar refractivity (Wildman–Crippen MR) is 53.7 cm³/mol. The molecule has 0 bridgehead atoms. The molecule has 0 atom stereocenters. The van der Waals surface area contributed by atoms with Gasteiger partial charge in [0.05, 0.1) is 6.61 Å². The summed E-state index contributed by atoms with van der Waals surface area (Å²) in [6.45, 7) is 3.06. The van der Waals surface area contributed by atoms with Crippen LogP contribution < -0.4 is 0 Å². The van der Waals surface area contributed by atoms with Gasteiger partial charge in [-0.3, -0.25) is 0 Å². The van der Waals surface area contributed by atoms with Crippen molar-refractivity contribution in [3.8, 4) is 11.1 Å². The van der Waals surface area contributed by atoms with Crippen LogP contribution in [0, 0.1) is 0 Å². The number of aliphatic hydroxyl groups excluding tert-OH is 1. The Hall–Kier alpha value is -1.61. The second-order valence-electron chi connectivity index (χ2n) is 2.68. The summed E-state index contributed by atoms with van der Waals surface area (Å²) < 4.78 is 4.33. The maximum absolute atomic E-state index is 10.1. The Labute approximate surface area is 82.6 Å². The van der Waals surface area contributed by atoms with Crippen molar-refractivity contribution < 1.29 is 14.6 Å². The van der Waals surface area contributed by atoms with Crippen molar-refractivity contribution >= 4 is 5.97 Å². The quantitative estimate of drug-likeness (QED) is 0.590. The molecule has 0 aromatic heterocycles. The van der Waals surface area contributed by atoms with E-state index in [9.17, 15) is 4.79 Å². The van der Waals surface area contributed by atoms with Gasteiger partial charge in [-0.2, -0.15) is 0 Å². The van der Waals surface area contributed by atoms with Crippen LogP contribution in [-0.2, 0) is 9.53 Å². The minimum Gasteiger partial charge on any atom is -0.460 e. The van der Waals surface area contributed by atoms with Crippen molar-refractivity contribution in [1.82, 2.24) is 0 Å². The Morgan fingerprint density at radius 2 is 2.14 bits per heavy atom. The Morgan fingerprint density at radius 1 is 1.50 bits per heavy atom. The maximum Gasteiger partial charge on any atom is 0.330 e. The molecule has 2 aliphatic carbocycles. The molecule has 0 amide bonds. The number of carbonyl (C=O) groups is 1. The van der Waals surface area contributed by atoms with Gasteiger partial charge in [0.15, 0.2) is 0 Å². The standard InChI is InChI=1S/C6H4.C5H8O3/c1-2-5-4-6(5)3-1;1-2-5(7)8-4-3-6/h1-4H;2,6H,1,3-4H2. The van der Waals surface area contributed by atoms with Crippen LogP contribution in [0.1, 0.15) is 0 Å². The summed E-state index contributed by atoms with van der Waals surface area (Å²) in [6, 6.07) is 8.48. The fourth-order valence-corrected chi connectivity index (χ4v) is 0.881. The summed E-state index contributed by atoms with van der Waals surface area (Å²) in [6.07, 6.45) is 1.05. The molecule has 0 radical (unpaired) electrons. The van der Waals surface area contributed by atoms with Gasteiger partial charge in [-0.25, -0.2) is 4.79 Å². The third kappa shape index (κ3) is 3.41. The smallest absolute Gasteiger partial charge is 0.330 e. The number of hydrogen-bond acceptors (Lipinski definition) is 3. The summed E-state index contributed by atoms with van der Waals surface area (Å²) in [7, 11) is 0. The molecule has 0 heterocycles. The predicted octanol–water partition coefficient (Wildman–Crippen LogP) is 1.37. The number of esters is 1. The molecule has 0 aromatic rings. The lowest BCUT2D eigenvalue weighted by atomic mass is 10.6. The van der Waals surface area contributed by atoms with Crippen LogP contribution in [0.2, 0.25) is 0 Å². The van der Waals surface area contributed by atoms with E-state index in [1.165, 1.54) is 11.1 Å². The molecule has 2 rings (SSSR count). The summed E-state index contributed by atoms with van der Waals surface area (Å²) >= 11 is 0. The molecule has 2 aliphatic rings. The summed E-state index contributed by atoms with van der Waals surface area (Å²) in [5, 5.41) is 8.10. The molecular formula is C11H12O3. The van der Waals surface area contributed by atoms with Crippen molar-refractivity contribution in [3.63, 3.8) is 0 Å². The molecule has 0 saturated carbocycles. The third-order valence-corrected chi connectivity index (χ3v) is 1.61. The van der Waals surface area contributed by atoms with E-state index in [2.05, 4.69) is 35.6 Å². The van der Waals surface area contributed by atoms with Gasteiger partial charge in [-0.05, 0) is 17.2 Å². The fraction of sp³-hybridized carbons (Fsp3) is 0.182. The van der Waals surface area contributed by atoms with E-state index in [0.29, 0.717) is 0 Å². The molecule has 0 aliphatic heterocycles. The highest BCUT2D eigenvalue weighted by Gasteiger charge is 2.06. The average molecular weight is 192 g/mol. The van der Waals surface area contributed by atoms with Crippen LogP contribution in [-0.4, -0.2) is 24.3 Å². The Morgan fingerprint density at radius 3 is 2.43 bits per heavy atom. The van der Waals surface area contributed by atoms with Crippen LogP contribution >= 0.6 is 0 Å². The van der Waals surface area contributed by atoms with E-state index < -0.39 is 5.97 Å². The number of fused-ring (bicyclic) bond motifs is 1. The van der Waals surface area contributed by atoms with E-state index in [-0.39, 0.29) is 13.2 Å². The van der Waals surface area contributed by atoms with E-state index in [1.54, 1.807) is 0 Å². The molecule has 0 aromatic carbocycles. The molecule has 1 N–H and O–H groups in total. The molecular weight excluding hydrogens is 180 g/mol. The normalized spacial score (nSPS) is 9.50. The van der Waals surface area contributed by atoms with Crippen molar-refractivity contribution in [2.24, 2.45) is 0 Å². The van der Waals surface area contributed by atoms with Gasteiger partial charge in [0.2, 0.25) is 0 Å². The number of hydrogen-bond donors (Lipinski definition) is 1. The van der Waals surface area contributed by atoms with Gasteiger partial charge in [0.1, 0.15) is 6.61 Å². The number of benzene rings is 1. The minimum absolute atomic E-state index is 0.0465. The Bertz CT molecular complexity index is 314. The first-order chi connectivity index (χ1) is 6.77. The van der Waals surface area contributed by atoms with Gasteiger partial charge in [0, 0.05) is 6.08 Å². The average Bonchev–Trinajstić information content (AvgIpc) is 2.83. The van der Waals surface area contributed by atoms with E-state index in [4.69, 9.17) is 5.11 Å². The first-order valence-electron chi connectivity index (χ1n) is 4.28. The number of ether oxygens (including phenoxy) is 1. The van der Waals surface area contributed by atoms with Gasteiger partial charge < -0.3 is 9.84 Å². The van der Waals surface area contributed by atoms with Crippen molar-refractivity contribution in [2.45, 2.75) is 0 Å². The second kappa shape index (κ2) is 5.19. The lowest BCUT2D eigenvalue weighted by Gasteiger charge is -1.94. The topological polar surface area (TPSA) is 46.5 Å². The minimum atomic E-state index is -0.501.